The van der Waals surface area contributed by atoms with E-state index in [2.05, 4.69) is 16.3 Å². The Hall–Kier alpha value is -1.83. The molecule has 0 aromatic rings. The van der Waals surface area contributed by atoms with Gasteiger partial charge in [-0.3, -0.25) is 9.59 Å². The van der Waals surface area contributed by atoms with Crippen LogP contribution in [0.5, 0.6) is 0 Å². The summed E-state index contributed by atoms with van der Waals surface area (Å²) in [4.78, 5) is 23.5. The number of rotatable bonds is 3. The molecule has 0 fully saturated rings. The second kappa shape index (κ2) is 4.79. The summed E-state index contributed by atoms with van der Waals surface area (Å²) in [6.45, 7) is 3.91. The number of hydrogen-bond donors (Lipinski definition) is 1. The lowest BCUT2D eigenvalue weighted by Crippen LogP contribution is -2.41. The van der Waals surface area contributed by atoms with Crippen molar-refractivity contribution in [2.24, 2.45) is 16.9 Å². The van der Waals surface area contributed by atoms with Crippen LogP contribution >= 0.6 is 0 Å². The van der Waals surface area contributed by atoms with Crippen molar-refractivity contribution >= 4 is 17.5 Å². The lowest BCUT2D eigenvalue weighted by atomic mass is 9.94. The van der Waals surface area contributed by atoms with Gasteiger partial charge in [0, 0.05) is 7.05 Å². The Bertz CT molecular complexity index is 379. The maximum Gasteiger partial charge on any atom is 0.260 e. The van der Waals surface area contributed by atoms with Crippen molar-refractivity contribution < 1.29 is 9.59 Å². The zero-order valence-corrected chi connectivity index (χ0v) is 9.65. The molecule has 1 atom stereocenters. The van der Waals surface area contributed by atoms with Crippen molar-refractivity contribution in [2.45, 2.75) is 13.8 Å². The average molecular weight is 221 g/mol. The van der Waals surface area contributed by atoms with Crippen LogP contribution in [0.15, 0.2) is 5.10 Å². The highest BCUT2D eigenvalue weighted by atomic mass is 16.2. The maximum atomic E-state index is 11.7. The van der Waals surface area contributed by atoms with E-state index in [1.54, 1.807) is 7.05 Å². The van der Waals surface area contributed by atoms with Crippen LogP contribution in [0.4, 0.5) is 0 Å². The zero-order chi connectivity index (χ0) is 12.3. The van der Waals surface area contributed by atoms with Gasteiger partial charge in [-0.25, -0.2) is 5.01 Å². The third kappa shape index (κ3) is 2.22. The molecule has 5 heteroatoms. The molecule has 1 unspecified atom stereocenters. The molecule has 5 nitrogen and oxygen atoms in total. The Kier molecular flexibility index (Phi) is 3.67. The first-order chi connectivity index (χ1) is 7.49. The van der Waals surface area contributed by atoms with E-state index in [1.165, 1.54) is 5.01 Å². The minimum Gasteiger partial charge on any atom is -0.344 e. The summed E-state index contributed by atoms with van der Waals surface area (Å²) < 4.78 is 0. The lowest BCUT2D eigenvalue weighted by molar-refractivity contribution is -0.136. The van der Waals surface area contributed by atoms with E-state index in [9.17, 15) is 9.59 Å². The molecule has 0 saturated carbocycles. The minimum atomic E-state index is -0.821. The Morgan fingerprint density at radius 1 is 1.69 bits per heavy atom. The second-order valence-corrected chi connectivity index (χ2v) is 3.90. The van der Waals surface area contributed by atoms with Crippen molar-refractivity contribution in [3.05, 3.63) is 0 Å². The third-order valence-electron chi connectivity index (χ3n) is 2.35. The van der Waals surface area contributed by atoms with Crippen molar-refractivity contribution in [1.82, 2.24) is 10.3 Å². The highest BCUT2D eigenvalue weighted by molar-refractivity contribution is 6.22. The molecule has 16 heavy (non-hydrogen) atoms. The van der Waals surface area contributed by atoms with Gasteiger partial charge in [-0.1, -0.05) is 19.8 Å². The summed E-state index contributed by atoms with van der Waals surface area (Å²) in [5.41, 5.74) is 0.585. The third-order valence-corrected chi connectivity index (χ3v) is 2.35. The molecule has 0 aromatic carbocycles. The Labute approximate surface area is 94.9 Å². The lowest BCUT2D eigenvalue weighted by Gasteiger charge is -2.12. The summed E-state index contributed by atoms with van der Waals surface area (Å²) in [6.07, 6.45) is 5.04. The maximum absolute atomic E-state index is 11.7. The van der Waals surface area contributed by atoms with E-state index in [4.69, 9.17) is 6.42 Å². The topological polar surface area (TPSA) is 61.8 Å². The first-order valence-corrected chi connectivity index (χ1v) is 5.06. The van der Waals surface area contributed by atoms with E-state index in [1.807, 2.05) is 13.8 Å². The highest BCUT2D eigenvalue weighted by Crippen LogP contribution is 2.19. The molecule has 0 bridgehead atoms. The number of nitrogens with zero attached hydrogens (tertiary/aromatic N) is 2. The highest BCUT2D eigenvalue weighted by Gasteiger charge is 2.40. The standard InChI is InChI=1S/C11H15N3O2/c1-5-6-12-10(15)8-9(7(2)3)13-14(4)11(8)16/h1,7-8H,6H2,2-4H3,(H,12,15). The van der Waals surface area contributed by atoms with Crippen LogP contribution in [-0.4, -0.2) is 36.1 Å². The molecule has 0 saturated heterocycles. The molecule has 0 spiro atoms. The predicted octanol–water partition coefficient (Wildman–Crippen LogP) is -0.164. The predicted molar refractivity (Wildman–Crippen MR) is 60.4 cm³/mol. The Morgan fingerprint density at radius 2 is 2.31 bits per heavy atom. The minimum absolute atomic E-state index is 0.0514. The van der Waals surface area contributed by atoms with Crippen molar-refractivity contribution in [1.29, 1.82) is 0 Å². The molecule has 2 amide bonds. The molecular weight excluding hydrogens is 206 g/mol. The number of hydrogen-bond acceptors (Lipinski definition) is 3. The van der Waals surface area contributed by atoms with Gasteiger partial charge in [0.1, 0.15) is 0 Å². The van der Waals surface area contributed by atoms with Crippen LogP contribution in [0.3, 0.4) is 0 Å². The molecule has 0 aromatic heterocycles. The number of terminal acetylenes is 1. The summed E-state index contributed by atoms with van der Waals surface area (Å²) >= 11 is 0. The van der Waals surface area contributed by atoms with Crippen LogP contribution in [-0.2, 0) is 9.59 Å². The monoisotopic (exact) mass is 221 g/mol. The van der Waals surface area contributed by atoms with Crippen molar-refractivity contribution in [2.75, 3.05) is 13.6 Å². The van der Waals surface area contributed by atoms with Gasteiger partial charge in [-0.05, 0) is 5.92 Å². The number of carbonyl (C=O) groups is 2. The summed E-state index contributed by atoms with van der Waals surface area (Å²) in [5.74, 6) is 0.843. The number of amides is 2. The molecule has 1 aliphatic heterocycles. The first-order valence-electron chi connectivity index (χ1n) is 5.06. The van der Waals surface area contributed by atoms with Crippen LogP contribution in [0.1, 0.15) is 13.8 Å². The molecular formula is C11H15N3O2. The van der Waals surface area contributed by atoms with Crippen molar-refractivity contribution in [3.8, 4) is 12.3 Å². The van der Waals surface area contributed by atoms with Crippen LogP contribution in [0, 0.1) is 24.2 Å². The molecule has 1 rings (SSSR count). The summed E-state index contributed by atoms with van der Waals surface area (Å²) in [5, 5.41) is 7.78. The molecule has 86 valence electrons. The van der Waals surface area contributed by atoms with E-state index in [0.29, 0.717) is 5.71 Å². The fourth-order valence-electron chi connectivity index (χ4n) is 1.53. The quantitative estimate of drug-likeness (QED) is 0.531. The zero-order valence-electron chi connectivity index (χ0n) is 9.65. The summed E-state index contributed by atoms with van der Waals surface area (Å²) in [6, 6.07) is 0. The molecule has 1 aliphatic rings. The van der Waals surface area contributed by atoms with Gasteiger partial charge in [-0.15, -0.1) is 6.42 Å². The van der Waals surface area contributed by atoms with Gasteiger partial charge in [0.05, 0.1) is 12.3 Å². The Morgan fingerprint density at radius 3 is 2.81 bits per heavy atom. The fourth-order valence-corrected chi connectivity index (χ4v) is 1.53. The average Bonchev–Trinajstić information content (AvgIpc) is 2.52. The normalized spacial score (nSPS) is 19.7. The van der Waals surface area contributed by atoms with Gasteiger partial charge in [0.15, 0.2) is 5.92 Å². The first kappa shape index (κ1) is 12.2. The van der Waals surface area contributed by atoms with E-state index in [0.717, 1.165) is 0 Å². The molecule has 1 N–H and O–H groups in total. The second-order valence-electron chi connectivity index (χ2n) is 3.90. The smallest absolute Gasteiger partial charge is 0.260 e. The largest absolute Gasteiger partial charge is 0.344 e. The molecule has 0 aliphatic carbocycles. The van der Waals surface area contributed by atoms with E-state index < -0.39 is 5.92 Å². The molecule has 1 heterocycles. The van der Waals surface area contributed by atoms with E-state index >= 15 is 0 Å². The number of carbonyl (C=O) groups excluding carboxylic acids is 2. The molecule has 0 radical (unpaired) electrons. The Balaban J connectivity index is 2.86. The van der Waals surface area contributed by atoms with Gasteiger partial charge >= 0.3 is 0 Å². The van der Waals surface area contributed by atoms with E-state index in [-0.39, 0.29) is 24.3 Å². The van der Waals surface area contributed by atoms with Crippen molar-refractivity contribution in [3.63, 3.8) is 0 Å². The van der Waals surface area contributed by atoms with Crippen LogP contribution in [0.25, 0.3) is 0 Å². The van der Waals surface area contributed by atoms with Crippen LogP contribution < -0.4 is 5.32 Å². The van der Waals surface area contributed by atoms with Gasteiger partial charge < -0.3 is 5.32 Å². The number of hydrazone groups is 1. The van der Waals surface area contributed by atoms with Gasteiger partial charge in [-0.2, -0.15) is 5.10 Å². The summed E-state index contributed by atoms with van der Waals surface area (Å²) in [7, 11) is 1.54. The SMILES string of the molecule is C#CCNC(=O)C1C(=O)N(C)N=C1C(C)C. The van der Waals surface area contributed by atoms with Gasteiger partial charge in [0.2, 0.25) is 5.91 Å². The van der Waals surface area contributed by atoms with Crippen LogP contribution in [0.2, 0.25) is 0 Å². The van der Waals surface area contributed by atoms with Gasteiger partial charge in [0.25, 0.3) is 5.91 Å². The fraction of sp³-hybridized carbons (Fsp3) is 0.545. The number of nitrogens with one attached hydrogen (secondary N) is 1.